The summed E-state index contributed by atoms with van der Waals surface area (Å²) in [6, 6.07) is 14.5. The first-order valence-electron chi connectivity index (χ1n) is 10.2. The maximum Gasteiger partial charge on any atom is 0.338 e. The van der Waals surface area contributed by atoms with E-state index in [0.29, 0.717) is 18.1 Å². The Morgan fingerprint density at radius 2 is 1.48 bits per heavy atom. The first-order chi connectivity index (χ1) is 13.2. The van der Waals surface area contributed by atoms with Gasteiger partial charge in [0.25, 0.3) is 0 Å². The number of hydrogen-bond donors (Lipinski definition) is 1. The van der Waals surface area contributed by atoms with E-state index in [1.807, 2.05) is 36.4 Å². The summed E-state index contributed by atoms with van der Waals surface area (Å²) in [6.07, 6.45) is 8.90. The minimum Gasteiger partial charge on any atom is -0.508 e. The lowest BCUT2D eigenvalue weighted by molar-refractivity contribution is 0.0393. The highest BCUT2D eigenvalue weighted by atomic mass is 16.5. The molecule has 27 heavy (non-hydrogen) atoms. The van der Waals surface area contributed by atoms with Gasteiger partial charge in [0.1, 0.15) is 5.75 Å². The molecule has 0 aromatic heterocycles. The number of ether oxygens (including phenoxy) is 1. The average Bonchev–Trinajstić information content (AvgIpc) is 2.72. The van der Waals surface area contributed by atoms with Crippen LogP contribution in [-0.4, -0.2) is 17.7 Å². The van der Waals surface area contributed by atoms with E-state index in [9.17, 15) is 9.90 Å². The molecule has 144 valence electrons. The number of carbonyl (C=O) groups excluding carboxylic acids is 1. The van der Waals surface area contributed by atoms with Gasteiger partial charge in [-0.15, -0.1) is 0 Å². The second-order valence-electron chi connectivity index (χ2n) is 7.75. The fourth-order valence-electron chi connectivity index (χ4n) is 3.91. The minimum absolute atomic E-state index is 0.236. The molecular weight excluding hydrogens is 336 g/mol. The molecular formula is C24H30O3. The molecule has 1 fully saturated rings. The van der Waals surface area contributed by atoms with E-state index in [0.717, 1.165) is 17.0 Å². The Labute approximate surface area is 162 Å². The molecule has 2 aromatic carbocycles. The Morgan fingerprint density at radius 3 is 2.07 bits per heavy atom. The molecule has 0 saturated heterocycles. The number of hydrogen-bond acceptors (Lipinski definition) is 3. The second-order valence-corrected chi connectivity index (χ2v) is 7.75. The predicted octanol–water partition coefficient (Wildman–Crippen LogP) is 6.21. The van der Waals surface area contributed by atoms with Crippen LogP contribution in [0.3, 0.4) is 0 Å². The van der Waals surface area contributed by atoms with Crippen LogP contribution in [0.2, 0.25) is 0 Å². The lowest BCUT2D eigenvalue weighted by Gasteiger charge is -2.28. The fourth-order valence-corrected chi connectivity index (χ4v) is 3.91. The number of aromatic hydroxyl groups is 1. The van der Waals surface area contributed by atoms with Gasteiger partial charge < -0.3 is 9.84 Å². The number of carbonyl (C=O) groups is 1. The van der Waals surface area contributed by atoms with Gasteiger partial charge in [-0.1, -0.05) is 63.3 Å². The fraction of sp³-hybridized carbons (Fsp3) is 0.458. The predicted molar refractivity (Wildman–Crippen MR) is 109 cm³/mol. The highest BCUT2D eigenvalue weighted by Crippen LogP contribution is 2.32. The SMILES string of the molecule is CCCC[C@H]1CC[C@H](COC(=O)c2ccc(-c3ccc(O)cc3)cc2)CC1. The van der Waals surface area contributed by atoms with Crippen LogP contribution in [0.25, 0.3) is 11.1 Å². The van der Waals surface area contributed by atoms with Crippen LogP contribution < -0.4 is 0 Å². The Morgan fingerprint density at radius 1 is 0.926 bits per heavy atom. The largest absolute Gasteiger partial charge is 0.508 e. The van der Waals surface area contributed by atoms with E-state index in [1.165, 1.54) is 44.9 Å². The zero-order chi connectivity index (χ0) is 19.1. The van der Waals surface area contributed by atoms with Crippen molar-refractivity contribution in [1.82, 2.24) is 0 Å². The summed E-state index contributed by atoms with van der Waals surface area (Å²) in [5.74, 6) is 1.41. The summed E-state index contributed by atoms with van der Waals surface area (Å²) in [7, 11) is 0. The third kappa shape index (κ3) is 5.59. The molecule has 3 heteroatoms. The van der Waals surface area contributed by atoms with Crippen LogP contribution in [0.15, 0.2) is 48.5 Å². The number of benzene rings is 2. The van der Waals surface area contributed by atoms with E-state index in [1.54, 1.807) is 12.1 Å². The molecule has 3 rings (SSSR count). The van der Waals surface area contributed by atoms with E-state index in [-0.39, 0.29) is 11.7 Å². The Kier molecular flexibility index (Phi) is 6.92. The van der Waals surface area contributed by atoms with Gasteiger partial charge in [0.15, 0.2) is 0 Å². The van der Waals surface area contributed by atoms with Gasteiger partial charge in [-0.2, -0.15) is 0 Å². The number of esters is 1. The third-order valence-electron chi connectivity index (χ3n) is 5.70. The van der Waals surface area contributed by atoms with Crippen molar-refractivity contribution in [2.75, 3.05) is 6.61 Å². The van der Waals surface area contributed by atoms with Crippen LogP contribution in [0.4, 0.5) is 0 Å². The smallest absolute Gasteiger partial charge is 0.338 e. The third-order valence-corrected chi connectivity index (χ3v) is 5.70. The standard InChI is InChI=1S/C24H30O3/c1-2-3-4-18-5-7-19(8-6-18)17-27-24(26)22-11-9-20(10-12-22)21-13-15-23(25)16-14-21/h9-16,18-19,25H,2-8,17H2,1H3/t18-,19-. The summed E-state index contributed by atoms with van der Waals surface area (Å²) < 4.78 is 5.57. The number of unbranched alkanes of at least 4 members (excludes halogenated alkanes) is 1. The molecule has 1 saturated carbocycles. The molecule has 1 aliphatic rings. The molecule has 0 heterocycles. The van der Waals surface area contributed by atoms with Crippen LogP contribution in [0, 0.1) is 11.8 Å². The molecule has 0 amide bonds. The summed E-state index contributed by atoms with van der Waals surface area (Å²) in [6.45, 7) is 2.79. The van der Waals surface area contributed by atoms with Gasteiger partial charge in [0.2, 0.25) is 0 Å². The van der Waals surface area contributed by atoms with E-state index in [2.05, 4.69) is 6.92 Å². The Bertz CT molecular complexity index is 710. The van der Waals surface area contributed by atoms with Gasteiger partial charge in [-0.25, -0.2) is 4.79 Å². The van der Waals surface area contributed by atoms with E-state index in [4.69, 9.17) is 4.74 Å². The van der Waals surface area contributed by atoms with Crippen LogP contribution in [0.1, 0.15) is 62.2 Å². The van der Waals surface area contributed by atoms with Crippen LogP contribution >= 0.6 is 0 Å². The lowest BCUT2D eigenvalue weighted by atomic mass is 9.80. The zero-order valence-corrected chi connectivity index (χ0v) is 16.2. The number of rotatable bonds is 7. The lowest BCUT2D eigenvalue weighted by Crippen LogP contribution is -2.20. The topological polar surface area (TPSA) is 46.5 Å². The van der Waals surface area contributed by atoms with Gasteiger partial charge in [-0.3, -0.25) is 0 Å². The minimum atomic E-state index is -0.236. The van der Waals surface area contributed by atoms with Crippen molar-refractivity contribution in [3.63, 3.8) is 0 Å². The zero-order valence-electron chi connectivity index (χ0n) is 16.2. The Hall–Kier alpha value is -2.29. The molecule has 3 nitrogen and oxygen atoms in total. The molecule has 1 N–H and O–H groups in total. The maximum atomic E-state index is 12.3. The van der Waals surface area contributed by atoms with Gasteiger partial charge in [0.05, 0.1) is 12.2 Å². The molecule has 0 aliphatic heterocycles. The summed E-state index contributed by atoms with van der Waals surface area (Å²) >= 11 is 0. The van der Waals surface area contributed by atoms with Crippen molar-refractivity contribution in [1.29, 1.82) is 0 Å². The summed E-state index contributed by atoms with van der Waals surface area (Å²) in [4.78, 5) is 12.3. The van der Waals surface area contributed by atoms with E-state index >= 15 is 0 Å². The van der Waals surface area contributed by atoms with Crippen LogP contribution in [-0.2, 0) is 4.74 Å². The van der Waals surface area contributed by atoms with E-state index < -0.39 is 0 Å². The quantitative estimate of drug-likeness (QED) is 0.592. The number of phenolic OH excluding ortho intramolecular Hbond substituents is 1. The summed E-state index contributed by atoms with van der Waals surface area (Å²) in [5, 5.41) is 9.38. The van der Waals surface area contributed by atoms with Crippen molar-refractivity contribution < 1.29 is 14.6 Å². The normalized spacial score (nSPS) is 19.6. The number of phenols is 1. The van der Waals surface area contributed by atoms with Crippen molar-refractivity contribution in [2.24, 2.45) is 11.8 Å². The van der Waals surface area contributed by atoms with Crippen molar-refractivity contribution in [2.45, 2.75) is 51.9 Å². The highest BCUT2D eigenvalue weighted by molar-refractivity contribution is 5.90. The molecule has 0 atom stereocenters. The van der Waals surface area contributed by atoms with Crippen LogP contribution in [0.5, 0.6) is 5.75 Å². The van der Waals surface area contributed by atoms with Crippen molar-refractivity contribution >= 4 is 5.97 Å². The van der Waals surface area contributed by atoms with Gasteiger partial charge in [0, 0.05) is 0 Å². The molecule has 0 unspecified atom stereocenters. The molecule has 0 bridgehead atoms. The second kappa shape index (κ2) is 9.59. The molecule has 0 radical (unpaired) electrons. The maximum absolute atomic E-state index is 12.3. The molecule has 2 aromatic rings. The van der Waals surface area contributed by atoms with Crippen molar-refractivity contribution in [3.8, 4) is 16.9 Å². The summed E-state index contributed by atoms with van der Waals surface area (Å²) in [5.41, 5.74) is 2.61. The highest BCUT2D eigenvalue weighted by Gasteiger charge is 2.22. The van der Waals surface area contributed by atoms with Gasteiger partial charge in [-0.05, 0) is 60.1 Å². The first-order valence-corrected chi connectivity index (χ1v) is 10.2. The average molecular weight is 367 g/mol. The van der Waals surface area contributed by atoms with Crippen molar-refractivity contribution in [3.05, 3.63) is 54.1 Å². The first kappa shape index (κ1) is 19.5. The van der Waals surface area contributed by atoms with Gasteiger partial charge >= 0.3 is 5.97 Å². The monoisotopic (exact) mass is 366 g/mol. The molecule has 1 aliphatic carbocycles. The molecule has 0 spiro atoms. The Balaban J connectivity index is 1.47.